The van der Waals surface area contributed by atoms with E-state index in [-0.39, 0.29) is 11.4 Å². The van der Waals surface area contributed by atoms with Crippen LogP contribution in [0.1, 0.15) is 34.5 Å². The van der Waals surface area contributed by atoms with Crippen molar-refractivity contribution in [2.75, 3.05) is 11.9 Å². The lowest BCUT2D eigenvalue weighted by atomic mass is 9.90. The molecule has 3 aromatic rings. The molecule has 30 heavy (non-hydrogen) atoms. The smallest absolute Gasteiger partial charge is 0.339 e. The molecular weight excluding hydrogens is 386 g/mol. The van der Waals surface area contributed by atoms with E-state index in [9.17, 15) is 19.7 Å². The number of carbonyl (C=O) groups excluding carboxylic acids is 2. The van der Waals surface area contributed by atoms with E-state index in [4.69, 9.17) is 4.74 Å². The Morgan fingerprint density at radius 1 is 1.07 bits per heavy atom. The lowest BCUT2D eigenvalue weighted by Gasteiger charge is -2.19. The number of aromatic nitrogens is 1. The number of nitro benzene ring substituents is 1. The SMILES string of the molecule is O=C(COC(=O)c1c2c(nc3ccccc13)CCCC2)Nc1ccccc1[N+](=O)[O-]. The highest BCUT2D eigenvalue weighted by molar-refractivity contribution is 6.06. The number of fused-ring (bicyclic) bond motifs is 2. The zero-order chi connectivity index (χ0) is 21.1. The fraction of sp³-hybridized carbons (Fsp3) is 0.227. The van der Waals surface area contributed by atoms with Crippen molar-refractivity contribution in [3.05, 3.63) is 75.5 Å². The minimum atomic E-state index is -0.648. The molecule has 1 amide bonds. The second-order valence-corrected chi connectivity index (χ2v) is 7.03. The third kappa shape index (κ3) is 3.84. The van der Waals surface area contributed by atoms with Crippen molar-refractivity contribution in [2.24, 2.45) is 0 Å². The number of ether oxygens (including phenoxy) is 1. The number of amides is 1. The predicted octanol–water partition coefficient (Wildman–Crippen LogP) is 3.82. The number of para-hydroxylation sites is 3. The topological polar surface area (TPSA) is 111 Å². The summed E-state index contributed by atoms with van der Waals surface area (Å²) in [5, 5.41) is 14.2. The summed E-state index contributed by atoms with van der Waals surface area (Å²) in [6.07, 6.45) is 3.52. The van der Waals surface area contributed by atoms with E-state index in [0.717, 1.165) is 42.5 Å². The maximum atomic E-state index is 12.9. The van der Waals surface area contributed by atoms with E-state index < -0.39 is 23.4 Å². The lowest BCUT2D eigenvalue weighted by Crippen LogP contribution is -2.23. The van der Waals surface area contributed by atoms with Crippen molar-refractivity contribution < 1.29 is 19.2 Å². The summed E-state index contributed by atoms with van der Waals surface area (Å²) >= 11 is 0. The molecule has 0 radical (unpaired) electrons. The summed E-state index contributed by atoms with van der Waals surface area (Å²) in [4.78, 5) is 40.4. The molecule has 1 aliphatic rings. The highest BCUT2D eigenvalue weighted by atomic mass is 16.6. The van der Waals surface area contributed by atoms with Crippen molar-refractivity contribution in [3.8, 4) is 0 Å². The highest BCUT2D eigenvalue weighted by Crippen LogP contribution is 2.30. The van der Waals surface area contributed by atoms with Gasteiger partial charge in [-0.1, -0.05) is 30.3 Å². The van der Waals surface area contributed by atoms with Crippen LogP contribution in [0.3, 0.4) is 0 Å². The maximum absolute atomic E-state index is 12.9. The Morgan fingerprint density at radius 3 is 2.63 bits per heavy atom. The summed E-state index contributed by atoms with van der Waals surface area (Å²) in [7, 11) is 0. The average molecular weight is 405 g/mol. The Labute approximate surface area is 172 Å². The lowest BCUT2D eigenvalue weighted by molar-refractivity contribution is -0.383. The van der Waals surface area contributed by atoms with Gasteiger partial charge in [0.25, 0.3) is 11.6 Å². The van der Waals surface area contributed by atoms with Gasteiger partial charge in [0, 0.05) is 17.1 Å². The molecule has 0 fully saturated rings. The molecule has 0 atom stereocenters. The van der Waals surface area contributed by atoms with Crippen molar-refractivity contribution >= 4 is 34.2 Å². The van der Waals surface area contributed by atoms with Crippen LogP contribution in [0.2, 0.25) is 0 Å². The van der Waals surface area contributed by atoms with E-state index in [1.165, 1.54) is 18.2 Å². The van der Waals surface area contributed by atoms with E-state index in [0.29, 0.717) is 10.9 Å². The molecule has 1 heterocycles. The van der Waals surface area contributed by atoms with Crippen LogP contribution in [0.25, 0.3) is 10.9 Å². The number of rotatable bonds is 5. The standard InChI is InChI=1S/C22H19N3O5/c26-20(24-18-11-5-6-12-19(18)25(28)29)13-30-22(27)21-14-7-1-3-9-16(14)23-17-10-4-2-8-15(17)21/h1,3,5-7,9,11-12H,2,4,8,10,13H2,(H,24,26). The van der Waals surface area contributed by atoms with Crippen LogP contribution < -0.4 is 5.32 Å². The zero-order valence-electron chi connectivity index (χ0n) is 16.1. The summed E-state index contributed by atoms with van der Waals surface area (Å²) < 4.78 is 5.29. The number of carbonyl (C=O) groups is 2. The van der Waals surface area contributed by atoms with Crippen molar-refractivity contribution in [2.45, 2.75) is 25.7 Å². The molecule has 0 unspecified atom stereocenters. The molecule has 8 heteroatoms. The molecule has 0 saturated carbocycles. The van der Waals surface area contributed by atoms with Crippen LogP contribution in [0.5, 0.6) is 0 Å². The number of anilines is 1. The van der Waals surface area contributed by atoms with Crippen molar-refractivity contribution in [1.29, 1.82) is 0 Å². The predicted molar refractivity (Wildman–Crippen MR) is 110 cm³/mol. The molecule has 8 nitrogen and oxygen atoms in total. The number of aryl methyl sites for hydroxylation is 1. The number of hydrogen-bond acceptors (Lipinski definition) is 6. The Kier molecular flexibility index (Phi) is 5.38. The number of nitrogens with one attached hydrogen (secondary N) is 1. The quantitative estimate of drug-likeness (QED) is 0.392. The molecule has 1 aromatic heterocycles. The van der Waals surface area contributed by atoms with Crippen LogP contribution >= 0.6 is 0 Å². The molecule has 2 aromatic carbocycles. The van der Waals surface area contributed by atoms with E-state index in [1.54, 1.807) is 6.07 Å². The first kappa shape index (κ1) is 19.5. The first-order valence-corrected chi connectivity index (χ1v) is 9.65. The fourth-order valence-corrected chi connectivity index (χ4v) is 3.73. The molecule has 0 spiro atoms. The van der Waals surface area contributed by atoms with E-state index in [2.05, 4.69) is 10.3 Å². The molecule has 0 saturated heterocycles. The van der Waals surface area contributed by atoms with Gasteiger partial charge < -0.3 is 10.1 Å². The Balaban J connectivity index is 1.54. The third-order valence-corrected chi connectivity index (χ3v) is 5.08. The molecule has 1 N–H and O–H groups in total. The minimum Gasteiger partial charge on any atom is -0.452 e. The molecular formula is C22H19N3O5. The van der Waals surface area contributed by atoms with Crippen LogP contribution in [-0.4, -0.2) is 28.4 Å². The fourth-order valence-electron chi connectivity index (χ4n) is 3.73. The summed E-state index contributed by atoms with van der Waals surface area (Å²) in [5.74, 6) is -1.24. The van der Waals surface area contributed by atoms with Gasteiger partial charge in [0.1, 0.15) is 5.69 Å². The summed E-state index contributed by atoms with van der Waals surface area (Å²) in [6, 6.07) is 13.2. The number of benzene rings is 2. The number of pyridine rings is 1. The second-order valence-electron chi connectivity index (χ2n) is 7.03. The first-order chi connectivity index (χ1) is 14.5. The van der Waals surface area contributed by atoms with Gasteiger partial charge in [-0.25, -0.2) is 4.79 Å². The second kappa shape index (κ2) is 8.28. The Morgan fingerprint density at radius 2 is 1.80 bits per heavy atom. The average Bonchev–Trinajstić information content (AvgIpc) is 2.76. The minimum absolute atomic E-state index is 0.0512. The van der Waals surface area contributed by atoms with Gasteiger partial charge in [0.2, 0.25) is 0 Å². The Bertz CT molecular complexity index is 1160. The highest BCUT2D eigenvalue weighted by Gasteiger charge is 2.24. The van der Waals surface area contributed by atoms with Gasteiger partial charge in [-0.15, -0.1) is 0 Å². The third-order valence-electron chi connectivity index (χ3n) is 5.08. The monoisotopic (exact) mass is 405 g/mol. The van der Waals surface area contributed by atoms with Crippen LogP contribution in [0, 0.1) is 10.1 Å². The van der Waals surface area contributed by atoms with Crippen molar-refractivity contribution in [1.82, 2.24) is 4.98 Å². The van der Waals surface area contributed by atoms with E-state index >= 15 is 0 Å². The van der Waals surface area contributed by atoms with Gasteiger partial charge in [0.15, 0.2) is 6.61 Å². The number of nitrogens with zero attached hydrogens (tertiary/aromatic N) is 2. The molecule has 0 bridgehead atoms. The van der Waals surface area contributed by atoms with E-state index in [1.807, 2.05) is 24.3 Å². The number of hydrogen-bond donors (Lipinski definition) is 1. The zero-order valence-corrected chi connectivity index (χ0v) is 16.1. The largest absolute Gasteiger partial charge is 0.452 e. The number of nitro groups is 1. The van der Waals surface area contributed by atoms with Gasteiger partial charge in [-0.2, -0.15) is 0 Å². The van der Waals surface area contributed by atoms with Crippen molar-refractivity contribution in [3.63, 3.8) is 0 Å². The van der Waals surface area contributed by atoms with Gasteiger partial charge in [-0.05, 0) is 43.4 Å². The Hall–Kier alpha value is -3.81. The van der Waals surface area contributed by atoms with Gasteiger partial charge in [-0.3, -0.25) is 19.9 Å². The van der Waals surface area contributed by atoms with Gasteiger partial charge in [0.05, 0.1) is 16.0 Å². The molecule has 4 rings (SSSR count). The molecule has 0 aliphatic heterocycles. The molecule has 152 valence electrons. The summed E-state index contributed by atoms with van der Waals surface area (Å²) in [6.45, 7) is -0.545. The van der Waals surface area contributed by atoms with Crippen LogP contribution in [-0.2, 0) is 22.4 Å². The number of esters is 1. The summed E-state index contributed by atoms with van der Waals surface area (Å²) in [5.41, 5.74) is 2.77. The normalized spacial score (nSPS) is 12.8. The van der Waals surface area contributed by atoms with Gasteiger partial charge >= 0.3 is 5.97 Å². The maximum Gasteiger partial charge on any atom is 0.339 e. The van der Waals surface area contributed by atoms with Crippen LogP contribution in [0.4, 0.5) is 11.4 Å². The molecule has 1 aliphatic carbocycles. The first-order valence-electron chi connectivity index (χ1n) is 9.65. The van der Waals surface area contributed by atoms with Crippen LogP contribution in [0.15, 0.2) is 48.5 Å².